The van der Waals surface area contributed by atoms with Gasteiger partial charge in [-0.2, -0.15) is 0 Å². The van der Waals surface area contributed by atoms with Gasteiger partial charge in [0, 0.05) is 5.92 Å². The van der Waals surface area contributed by atoms with Crippen LogP contribution in [-0.2, 0) is 24.1 Å². The Kier molecular flexibility index (Phi) is 3.86. The zero-order valence-corrected chi connectivity index (χ0v) is 12.2. The van der Waals surface area contributed by atoms with E-state index in [0.717, 1.165) is 32.0 Å². The van der Waals surface area contributed by atoms with E-state index < -0.39 is 0 Å². The van der Waals surface area contributed by atoms with Crippen molar-refractivity contribution in [2.45, 2.75) is 45.4 Å². The fraction of sp³-hybridized carbons (Fsp3) is 0.421. The maximum Gasteiger partial charge on any atom is 0.123 e. The number of hydrogen-bond acceptors (Lipinski definition) is 1. The van der Waals surface area contributed by atoms with Gasteiger partial charge in [0.05, 0.1) is 0 Å². The van der Waals surface area contributed by atoms with Crippen LogP contribution in [0, 0.1) is 5.92 Å². The number of aldehydes is 1. The second-order valence-corrected chi connectivity index (χ2v) is 5.96. The monoisotopic (exact) mass is 266 g/mol. The highest BCUT2D eigenvalue weighted by Crippen LogP contribution is 2.33. The third-order valence-electron chi connectivity index (χ3n) is 4.59. The lowest BCUT2D eigenvalue weighted by molar-refractivity contribution is -0.111. The molecule has 3 rings (SSSR count). The number of fused-ring (bicyclic) bond motifs is 2. The smallest absolute Gasteiger partial charge is 0.123 e. The molecular formula is C19H22O. The predicted octanol–water partition coefficient (Wildman–Crippen LogP) is 4.49. The van der Waals surface area contributed by atoms with Crippen LogP contribution in [-0.4, -0.2) is 6.29 Å². The maximum atomic E-state index is 11.2. The summed E-state index contributed by atoms with van der Waals surface area (Å²) in [5.41, 5.74) is 4.46. The standard InChI is InChI=1S/C19H22O/c1-2-3-7-18-17-8-5-4-6-15(17)12-16-10-9-14(13-20)11-19(16)18/h4-6,8,12-14H,2-3,7,9-11H2,1H3. The minimum atomic E-state index is 0.226. The first-order valence-electron chi connectivity index (χ1n) is 7.81. The minimum Gasteiger partial charge on any atom is -0.303 e. The van der Waals surface area contributed by atoms with E-state index in [1.807, 2.05) is 0 Å². The fourth-order valence-electron chi connectivity index (χ4n) is 3.47. The van der Waals surface area contributed by atoms with Gasteiger partial charge in [-0.1, -0.05) is 43.7 Å². The number of rotatable bonds is 4. The highest BCUT2D eigenvalue weighted by atomic mass is 16.1. The summed E-state index contributed by atoms with van der Waals surface area (Å²) < 4.78 is 0. The van der Waals surface area contributed by atoms with Gasteiger partial charge in [0.1, 0.15) is 6.29 Å². The van der Waals surface area contributed by atoms with E-state index >= 15 is 0 Å². The van der Waals surface area contributed by atoms with Crippen molar-refractivity contribution in [2.24, 2.45) is 5.92 Å². The van der Waals surface area contributed by atoms with Gasteiger partial charge >= 0.3 is 0 Å². The predicted molar refractivity (Wildman–Crippen MR) is 84.1 cm³/mol. The molecule has 2 aromatic rings. The molecule has 0 amide bonds. The fourth-order valence-corrected chi connectivity index (χ4v) is 3.47. The van der Waals surface area contributed by atoms with Crippen LogP contribution in [0.2, 0.25) is 0 Å². The van der Waals surface area contributed by atoms with Crippen molar-refractivity contribution in [1.82, 2.24) is 0 Å². The van der Waals surface area contributed by atoms with Gasteiger partial charge in [0.25, 0.3) is 0 Å². The van der Waals surface area contributed by atoms with Gasteiger partial charge in [-0.3, -0.25) is 0 Å². The normalized spacial score (nSPS) is 17.9. The van der Waals surface area contributed by atoms with E-state index in [9.17, 15) is 4.79 Å². The van der Waals surface area contributed by atoms with E-state index in [1.165, 1.54) is 40.3 Å². The van der Waals surface area contributed by atoms with Crippen molar-refractivity contribution >= 4 is 17.1 Å². The highest BCUT2D eigenvalue weighted by molar-refractivity contribution is 5.88. The van der Waals surface area contributed by atoms with Crippen molar-refractivity contribution in [2.75, 3.05) is 0 Å². The Morgan fingerprint density at radius 3 is 2.95 bits per heavy atom. The quantitative estimate of drug-likeness (QED) is 0.745. The Labute approximate surface area is 121 Å². The van der Waals surface area contributed by atoms with E-state index in [4.69, 9.17) is 0 Å². The average molecular weight is 266 g/mol. The van der Waals surface area contributed by atoms with Crippen molar-refractivity contribution < 1.29 is 4.79 Å². The Bertz CT molecular complexity index is 627. The summed E-state index contributed by atoms with van der Waals surface area (Å²) >= 11 is 0. The number of aryl methyl sites for hydroxylation is 2. The third kappa shape index (κ3) is 2.37. The van der Waals surface area contributed by atoms with E-state index in [2.05, 4.69) is 37.3 Å². The summed E-state index contributed by atoms with van der Waals surface area (Å²) in [7, 11) is 0. The number of carbonyl (C=O) groups excluding carboxylic acids is 1. The molecule has 0 saturated carbocycles. The molecule has 0 N–H and O–H groups in total. The Hall–Kier alpha value is -1.63. The zero-order valence-electron chi connectivity index (χ0n) is 12.2. The van der Waals surface area contributed by atoms with Gasteiger partial charge in [-0.15, -0.1) is 0 Å². The van der Waals surface area contributed by atoms with Crippen LogP contribution in [0.4, 0.5) is 0 Å². The van der Waals surface area contributed by atoms with Crippen molar-refractivity contribution in [3.8, 4) is 0 Å². The first kappa shape index (κ1) is 13.4. The highest BCUT2D eigenvalue weighted by Gasteiger charge is 2.22. The molecule has 104 valence electrons. The largest absolute Gasteiger partial charge is 0.303 e. The van der Waals surface area contributed by atoms with Crippen molar-refractivity contribution in [1.29, 1.82) is 0 Å². The summed E-state index contributed by atoms with van der Waals surface area (Å²) in [5, 5.41) is 2.76. The molecule has 0 heterocycles. The van der Waals surface area contributed by atoms with Crippen molar-refractivity contribution in [3.05, 3.63) is 47.0 Å². The van der Waals surface area contributed by atoms with Crippen LogP contribution in [0.1, 0.15) is 42.9 Å². The summed E-state index contributed by atoms with van der Waals surface area (Å²) in [5.74, 6) is 0.226. The summed E-state index contributed by atoms with van der Waals surface area (Å²) in [6, 6.07) is 11.1. The minimum absolute atomic E-state index is 0.226. The number of hydrogen-bond donors (Lipinski definition) is 0. The van der Waals surface area contributed by atoms with Crippen LogP contribution in [0.25, 0.3) is 10.8 Å². The molecule has 0 aromatic heterocycles. The van der Waals surface area contributed by atoms with Gasteiger partial charge in [0.15, 0.2) is 0 Å². The van der Waals surface area contributed by atoms with Crippen LogP contribution in [0.3, 0.4) is 0 Å². The van der Waals surface area contributed by atoms with Crippen LogP contribution < -0.4 is 0 Å². The average Bonchev–Trinajstić information content (AvgIpc) is 2.51. The molecule has 0 saturated heterocycles. The molecule has 0 radical (unpaired) electrons. The van der Waals surface area contributed by atoms with Gasteiger partial charge in [-0.05, 0) is 59.6 Å². The van der Waals surface area contributed by atoms with E-state index in [0.29, 0.717) is 0 Å². The van der Waals surface area contributed by atoms with Gasteiger partial charge in [-0.25, -0.2) is 0 Å². The molecule has 1 aliphatic rings. The topological polar surface area (TPSA) is 17.1 Å². The Morgan fingerprint density at radius 2 is 2.15 bits per heavy atom. The number of benzene rings is 2. The van der Waals surface area contributed by atoms with Crippen LogP contribution in [0.5, 0.6) is 0 Å². The maximum absolute atomic E-state index is 11.2. The third-order valence-corrected chi connectivity index (χ3v) is 4.59. The van der Waals surface area contributed by atoms with E-state index in [1.54, 1.807) is 0 Å². The lowest BCUT2D eigenvalue weighted by atomic mass is 9.79. The molecule has 0 bridgehead atoms. The van der Waals surface area contributed by atoms with Gasteiger partial charge in [0.2, 0.25) is 0 Å². The molecule has 0 aliphatic heterocycles. The van der Waals surface area contributed by atoms with E-state index in [-0.39, 0.29) is 5.92 Å². The Morgan fingerprint density at radius 1 is 1.30 bits per heavy atom. The lowest BCUT2D eigenvalue weighted by Gasteiger charge is -2.25. The van der Waals surface area contributed by atoms with Gasteiger partial charge < -0.3 is 4.79 Å². The lowest BCUT2D eigenvalue weighted by Crippen LogP contribution is -2.17. The first-order chi connectivity index (χ1) is 9.83. The molecule has 20 heavy (non-hydrogen) atoms. The van der Waals surface area contributed by atoms with Crippen LogP contribution >= 0.6 is 0 Å². The molecule has 1 nitrogen and oxygen atoms in total. The second kappa shape index (κ2) is 5.78. The number of unbranched alkanes of at least 4 members (excludes halogenated alkanes) is 1. The molecule has 1 aliphatic carbocycles. The molecule has 1 heteroatoms. The zero-order chi connectivity index (χ0) is 13.9. The number of carbonyl (C=O) groups is 1. The molecule has 2 aromatic carbocycles. The summed E-state index contributed by atoms with van der Waals surface area (Å²) in [6.07, 6.45) is 7.77. The summed E-state index contributed by atoms with van der Waals surface area (Å²) in [6.45, 7) is 2.24. The molecule has 0 fully saturated rings. The first-order valence-corrected chi connectivity index (χ1v) is 7.81. The Balaban J connectivity index is 2.15. The second-order valence-electron chi connectivity index (χ2n) is 5.96. The summed E-state index contributed by atoms with van der Waals surface area (Å²) in [4.78, 5) is 11.2. The molecule has 1 unspecified atom stereocenters. The SMILES string of the molecule is CCCCc1c2c(cc3ccccc13)CCC(C=O)C2. The molecular weight excluding hydrogens is 244 g/mol. The molecule has 0 spiro atoms. The van der Waals surface area contributed by atoms with Crippen LogP contribution in [0.15, 0.2) is 30.3 Å². The molecule has 1 atom stereocenters. The van der Waals surface area contributed by atoms with Crippen molar-refractivity contribution in [3.63, 3.8) is 0 Å².